The maximum Gasteiger partial charge on any atom is 0.226 e. The van der Waals surface area contributed by atoms with Crippen molar-refractivity contribution in [1.82, 2.24) is 15.0 Å². The first-order chi connectivity index (χ1) is 11.1. The van der Waals surface area contributed by atoms with Crippen molar-refractivity contribution in [3.8, 4) is 10.6 Å². The lowest BCUT2D eigenvalue weighted by molar-refractivity contribution is 0.989. The molecule has 1 N–H and O–H groups in total. The Morgan fingerprint density at radius 3 is 2.65 bits per heavy atom. The third-order valence-electron chi connectivity index (χ3n) is 3.13. The van der Waals surface area contributed by atoms with Crippen molar-refractivity contribution in [2.75, 3.05) is 24.3 Å². The number of halogens is 1. The largest absolute Gasteiger partial charge is 0.365 e. The molecule has 2 heterocycles. The minimum absolute atomic E-state index is 0.676. The van der Waals surface area contributed by atoms with Gasteiger partial charge in [0.25, 0.3) is 0 Å². The van der Waals surface area contributed by atoms with Gasteiger partial charge >= 0.3 is 0 Å². The van der Waals surface area contributed by atoms with Crippen LogP contribution in [0.1, 0.15) is 4.88 Å². The van der Waals surface area contributed by atoms with Gasteiger partial charge in [0.15, 0.2) is 0 Å². The van der Waals surface area contributed by atoms with Gasteiger partial charge in [-0.3, -0.25) is 0 Å². The topological polar surface area (TPSA) is 53.9 Å². The molecule has 3 aromatic rings. The Labute approximate surface area is 144 Å². The van der Waals surface area contributed by atoms with Gasteiger partial charge in [-0.25, -0.2) is 9.97 Å². The summed E-state index contributed by atoms with van der Waals surface area (Å²) in [7, 11) is 3.83. The highest BCUT2D eigenvalue weighted by Crippen LogP contribution is 2.26. The lowest BCUT2D eigenvalue weighted by Crippen LogP contribution is -2.13. The van der Waals surface area contributed by atoms with Crippen molar-refractivity contribution >= 4 is 34.7 Å². The highest BCUT2D eigenvalue weighted by atomic mass is 35.5. The van der Waals surface area contributed by atoms with E-state index in [1.54, 1.807) is 17.5 Å². The quantitative estimate of drug-likeness (QED) is 0.759. The monoisotopic (exact) mass is 345 g/mol. The predicted molar refractivity (Wildman–Crippen MR) is 96.2 cm³/mol. The molecule has 0 fully saturated rings. The molecule has 0 saturated heterocycles. The van der Waals surface area contributed by atoms with E-state index >= 15 is 0 Å². The zero-order valence-corrected chi connectivity index (χ0v) is 14.4. The maximum absolute atomic E-state index is 5.91. The molecule has 118 valence electrons. The van der Waals surface area contributed by atoms with Crippen molar-refractivity contribution in [1.29, 1.82) is 0 Å². The minimum Gasteiger partial charge on any atom is -0.365 e. The molecular formula is C16H16ClN5S. The zero-order valence-electron chi connectivity index (χ0n) is 12.8. The fourth-order valence-electron chi connectivity index (χ4n) is 1.96. The Morgan fingerprint density at radius 2 is 1.91 bits per heavy atom. The molecule has 0 saturated carbocycles. The van der Waals surface area contributed by atoms with Crippen LogP contribution in [0.4, 0.5) is 11.8 Å². The van der Waals surface area contributed by atoms with Gasteiger partial charge in [-0.05, 0) is 18.2 Å². The van der Waals surface area contributed by atoms with E-state index in [1.165, 1.54) is 0 Å². The molecule has 0 aliphatic heterocycles. The summed E-state index contributed by atoms with van der Waals surface area (Å²) in [6.45, 7) is 0.676. The first-order valence-corrected chi connectivity index (χ1v) is 8.26. The van der Waals surface area contributed by atoms with E-state index in [9.17, 15) is 0 Å². The van der Waals surface area contributed by atoms with E-state index in [1.807, 2.05) is 55.5 Å². The van der Waals surface area contributed by atoms with Crippen LogP contribution < -0.4 is 10.2 Å². The second-order valence-corrected chi connectivity index (χ2v) is 6.68. The number of thiazole rings is 1. The highest BCUT2D eigenvalue weighted by molar-refractivity contribution is 7.15. The van der Waals surface area contributed by atoms with Crippen LogP contribution in [-0.4, -0.2) is 29.0 Å². The fraction of sp³-hybridized carbons (Fsp3) is 0.188. The summed E-state index contributed by atoms with van der Waals surface area (Å²) >= 11 is 7.57. The SMILES string of the molecule is CN(C)c1nccc(NCc2cnc(-c3ccc(Cl)cc3)s2)n1. The molecule has 23 heavy (non-hydrogen) atoms. The van der Waals surface area contributed by atoms with E-state index in [0.717, 1.165) is 26.3 Å². The molecule has 5 nitrogen and oxygen atoms in total. The van der Waals surface area contributed by atoms with E-state index in [2.05, 4.69) is 20.3 Å². The van der Waals surface area contributed by atoms with Crippen molar-refractivity contribution in [2.24, 2.45) is 0 Å². The number of hydrogen-bond donors (Lipinski definition) is 1. The van der Waals surface area contributed by atoms with E-state index in [-0.39, 0.29) is 0 Å². The van der Waals surface area contributed by atoms with Gasteiger partial charge in [0.2, 0.25) is 5.95 Å². The molecule has 3 rings (SSSR count). The van der Waals surface area contributed by atoms with Crippen molar-refractivity contribution in [3.05, 3.63) is 52.6 Å². The number of anilines is 2. The molecule has 0 amide bonds. The molecule has 0 aliphatic carbocycles. The van der Waals surface area contributed by atoms with Crippen LogP contribution >= 0.6 is 22.9 Å². The van der Waals surface area contributed by atoms with Crippen LogP contribution in [0.15, 0.2) is 42.7 Å². The van der Waals surface area contributed by atoms with Crippen LogP contribution in [0.5, 0.6) is 0 Å². The van der Waals surface area contributed by atoms with Crippen molar-refractivity contribution < 1.29 is 0 Å². The smallest absolute Gasteiger partial charge is 0.226 e. The Balaban J connectivity index is 1.67. The third-order valence-corrected chi connectivity index (χ3v) is 4.43. The van der Waals surface area contributed by atoms with Gasteiger partial charge in [0.1, 0.15) is 10.8 Å². The highest BCUT2D eigenvalue weighted by Gasteiger charge is 2.06. The third kappa shape index (κ3) is 3.97. The number of rotatable bonds is 5. The Kier molecular flexibility index (Phi) is 4.73. The zero-order chi connectivity index (χ0) is 16.2. The molecule has 1 aromatic carbocycles. The molecule has 0 atom stereocenters. The second kappa shape index (κ2) is 6.93. The van der Waals surface area contributed by atoms with Gasteiger partial charge in [-0.15, -0.1) is 11.3 Å². The van der Waals surface area contributed by atoms with Crippen molar-refractivity contribution in [3.63, 3.8) is 0 Å². The average Bonchev–Trinajstić information content (AvgIpc) is 3.03. The molecular weight excluding hydrogens is 330 g/mol. The van der Waals surface area contributed by atoms with Crippen LogP contribution in [0.3, 0.4) is 0 Å². The lowest BCUT2D eigenvalue weighted by atomic mass is 10.2. The van der Waals surface area contributed by atoms with Gasteiger partial charge in [0, 0.05) is 42.0 Å². The number of aromatic nitrogens is 3. The predicted octanol–water partition coefficient (Wildman–Crippen LogP) is 3.93. The van der Waals surface area contributed by atoms with Crippen molar-refractivity contribution in [2.45, 2.75) is 6.54 Å². The van der Waals surface area contributed by atoms with Crippen LogP contribution in [0.2, 0.25) is 5.02 Å². The van der Waals surface area contributed by atoms with Gasteiger partial charge in [-0.2, -0.15) is 4.98 Å². The van der Waals surface area contributed by atoms with E-state index < -0.39 is 0 Å². The number of nitrogens with one attached hydrogen (secondary N) is 1. The van der Waals surface area contributed by atoms with E-state index in [0.29, 0.717) is 12.5 Å². The summed E-state index contributed by atoms with van der Waals surface area (Å²) in [5.41, 5.74) is 1.07. The van der Waals surface area contributed by atoms with Gasteiger partial charge < -0.3 is 10.2 Å². The van der Waals surface area contributed by atoms with Crippen LogP contribution in [-0.2, 0) is 6.54 Å². The second-order valence-electron chi connectivity index (χ2n) is 5.13. The van der Waals surface area contributed by atoms with Gasteiger partial charge in [0.05, 0.1) is 6.54 Å². The Hall–Kier alpha value is -2.18. The summed E-state index contributed by atoms with van der Waals surface area (Å²) in [6.07, 6.45) is 3.63. The minimum atomic E-state index is 0.676. The first kappa shape index (κ1) is 15.7. The molecule has 0 bridgehead atoms. The molecule has 0 aliphatic rings. The average molecular weight is 346 g/mol. The first-order valence-electron chi connectivity index (χ1n) is 7.07. The van der Waals surface area contributed by atoms with E-state index in [4.69, 9.17) is 11.6 Å². The summed E-state index contributed by atoms with van der Waals surface area (Å²) in [4.78, 5) is 16.1. The molecule has 2 aromatic heterocycles. The van der Waals surface area contributed by atoms with Gasteiger partial charge in [-0.1, -0.05) is 23.7 Å². The number of nitrogens with zero attached hydrogens (tertiary/aromatic N) is 4. The maximum atomic E-state index is 5.91. The summed E-state index contributed by atoms with van der Waals surface area (Å²) in [5.74, 6) is 1.48. The standard InChI is InChI=1S/C16H16ClN5S/c1-22(2)16-18-8-7-14(21-16)19-9-13-10-20-15(23-13)11-3-5-12(17)6-4-11/h3-8,10H,9H2,1-2H3,(H,18,19,21). The number of benzene rings is 1. The summed E-state index contributed by atoms with van der Waals surface area (Å²) < 4.78 is 0. The molecule has 0 radical (unpaired) electrons. The molecule has 7 heteroatoms. The normalized spacial score (nSPS) is 10.6. The lowest BCUT2D eigenvalue weighted by Gasteiger charge is -2.11. The fourth-order valence-corrected chi connectivity index (χ4v) is 2.94. The summed E-state index contributed by atoms with van der Waals surface area (Å²) in [6, 6.07) is 9.56. The summed E-state index contributed by atoms with van der Waals surface area (Å²) in [5, 5.41) is 5.01. The van der Waals surface area contributed by atoms with Crippen LogP contribution in [0.25, 0.3) is 10.6 Å². The molecule has 0 spiro atoms. The number of hydrogen-bond acceptors (Lipinski definition) is 6. The Morgan fingerprint density at radius 1 is 1.13 bits per heavy atom. The van der Waals surface area contributed by atoms with Crippen LogP contribution in [0, 0.1) is 0 Å². The Bertz CT molecular complexity index is 785. The molecule has 0 unspecified atom stereocenters.